The SMILES string of the molecule is CCCCOc1cccc(C2c3c(oc4cc(C)cc(C)c4c3=O)C(=O)N2Cc2ccc(C)cc2)c1. The van der Waals surface area contributed by atoms with Crippen LogP contribution in [0.3, 0.4) is 0 Å². The van der Waals surface area contributed by atoms with E-state index in [0.717, 1.165) is 46.4 Å². The Morgan fingerprint density at radius 2 is 1.72 bits per heavy atom. The smallest absolute Gasteiger partial charge is 0.291 e. The molecule has 5 nitrogen and oxygen atoms in total. The number of amides is 1. The fourth-order valence-electron chi connectivity index (χ4n) is 5.02. The summed E-state index contributed by atoms with van der Waals surface area (Å²) in [6.07, 6.45) is 2.00. The molecule has 3 aromatic carbocycles. The number of benzene rings is 3. The van der Waals surface area contributed by atoms with Crippen LogP contribution in [0.1, 0.15) is 69.7 Å². The molecule has 1 aromatic heterocycles. The maximum absolute atomic E-state index is 14.0. The van der Waals surface area contributed by atoms with Crippen molar-refractivity contribution in [1.29, 1.82) is 0 Å². The molecule has 0 saturated carbocycles. The van der Waals surface area contributed by atoms with Crippen LogP contribution in [0, 0.1) is 20.8 Å². The molecule has 1 atom stereocenters. The number of unbranched alkanes of at least 4 members (excludes halogenated alkanes) is 1. The zero-order valence-corrected chi connectivity index (χ0v) is 21.3. The van der Waals surface area contributed by atoms with Gasteiger partial charge in [0.15, 0.2) is 5.43 Å². The van der Waals surface area contributed by atoms with Crippen molar-refractivity contribution in [1.82, 2.24) is 4.90 Å². The van der Waals surface area contributed by atoms with Crippen LogP contribution in [0.2, 0.25) is 0 Å². The normalized spacial score (nSPS) is 14.9. The predicted octanol–water partition coefficient (Wildman–Crippen LogP) is 6.64. The molecule has 0 bridgehead atoms. The van der Waals surface area contributed by atoms with E-state index < -0.39 is 6.04 Å². The van der Waals surface area contributed by atoms with Crippen LogP contribution in [-0.4, -0.2) is 17.4 Å². The molecule has 1 aliphatic rings. The van der Waals surface area contributed by atoms with E-state index in [1.165, 1.54) is 0 Å². The number of ether oxygens (including phenoxy) is 1. The second-order valence-electron chi connectivity index (χ2n) is 9.72. The molecule has 2 heterocycles. The van der Waals surface area contributed by atoms with Gasteiger partial charge in [0.1, 0.15) is 11.3 Å². The topological polar surface area (TPSA) is 59.8 Å². The van der Waals surface area contributed by atoms with Gasteiger partial charge in [-0.25, -0.2) is 0 Å². The average molecular weight is 482 g/mol. The predicted molar refractivity (Wildman–Crippen MR) is 142 cm³/mol. The van der Waals surface area contributed by atoms with Gasteiger partial charge < -0.3 is 14.1 Å². The Hall–Kier alpha value is -3.86. The highest BCUT2D eigenvalue weighted by Crippen LogP contribution is 2.40. The number of aryl methyl sites for hydroxylation is 3. The molecule has 5 heteroatoms. The number of rotatable bonds is 7. The summed E-state index contributed by atoms with van der Waals surface area (Å²) in [7, 11) is 0. The van der Waals surface area contributed by atoms with Crippen LogP contribution in [0.25, 0.3) is 11.0 Å². The Morgan fingerprint density at radius 1 is 0.944 bits per heavy atom. The van der Waals surface area contributed by atoms with E-state index in [1.807, 2.05) is 81.4 Å². The summed E-state index contributed by atoms with van der Waals surface area (Å²) in [5.74, 6) is 0.590. The van der Waals surface area contributed by atoms with Gasteiger partial charge in [0.2, 0.25) is 5.76 Å². The summed E-state index contributed by atoms with van der Waals surface area (Å²) in [4.78, 5) is 29.5. The van der Waals surface area contributed by atoms with Crippen LogP contribution in [0.5, 0.6) is 5.75 Å². The summed E-state index contributed by atoms with van der Waals surface area (Å²) in [6.45, 7) is 9.01. The number of nitrogens with zero attached hydrogens (tertiary/aromatic N) is 1. The van der Waals surface area contributed by atoms with Crippen molar-refractivity contribution in [3.63, 3.8) is 0 Å². The summed E-state index contributed by atoms with van der Waals surface area (Å²) < 4.78 is 12.1. The van der Waals surface area contributed by atoms with Crippen molar-refractivity contribution in [2.45, 2.75) is 53.1 Å². The van der Waals surface area contributed by atoms with Gasteiger partial charge in [-0.05, 0) is 67.6 Å². The lowest BCUT2D eigenvalue weighted by atomic mass is 9.96. The van der Waals surface area contributed by atoms with Gasteiger partial charge in [0.25, 0.3) is 5.91 Å². The lowest BCUT2D eigenvalue weighted by Crippen LogP contribution is -2.29. The molecule has 1 aliphatic heterocycles. The standard InChI is InChI=1S/C31H31NO4/c1-5-6-14-35-24-9-7-8-23(17-24)28-27-29(33)26-21(4)15-20(3)16-25(26)36-30(27)31(34)32(28)18-22-12-10-19(2)11-13-22/h7-13,15-17,28H,5-6,14,18H2,1-4H3. The Morgan fingerprint density at radius 3 is 2.47 bits per heavy atom. The minimum absolute atomic E-state index is 0.131. The summed E-state index contributed by atoms with van der Waals surface area (Å²) in [5.41, 5.74) is 5.52. The van der Waals surface area contributed by atoms with Crippen molar-refractivity contribution >= 4 is 16.9 Å². The molecule has 0 spiro atoms. The first-order valence-electron chi connectivity index (χ1n) is 12.5. The third-order valence-corrected chi connectivity index (χ3v) is 6.83. The first-order chi connectivity index (χ1) is 17.4. The van der Waals surface area contributed by atoms with Crippen molar-refractivity contribution in [2.24, 2.45) is 0 Å². The van der Waals surface area contributed by atoms with Crippen LogP contribution < -0.4 is 10.2 Å². The van der Waals surface area contributed by atoms with E-state index in [-0.39, 0.29) is 17.1 Å². The van der Waals surface area contributed by atoms with Gasteiger partial charge in [0, 0.05) is 6.54 Å². The second kappa shape index (κ2) is 9.65. The monoisotopic (exact) mass is 481 g/mol. The minimum atomic E-state index is -0.565. The highest BCUT2D eigenvalue weighted by atomic mass is 16.5. The molecule has 4 aromatic rings. The summed E-state index contributed by atoms with van der Waals surface area (Å²) >= 11 is 0. The molecule has 0 N–H and O–H groups in total. The van der Waals surface area contributed by atoms with Gasteiger partial charge in [-0.3, -0.25) is 9.59 Å². The Bertz CT molecular complexity index is 1500. The zero-order valence-electron chi connectivity index (χ0n) is 21.3. The highest BCUT2D eigenvalue weighted by molar-refractivity contribution is 5.99. The first kappa shape index (κ1) is 23.9. The van der Waals surface area contributed by atoms with Crippen LogP contribution in [0.4, 0.5) is 0 Å². The lowest BCUT2D eigenvalue weighted by Gasteiger charge is -2.25. The van der Waals surface area contributed by atoms with Gasteiger partial charge in [0.05, 0.1) is 23.6 Å². The van der Waals surface area contributed by atoms with E-state index in [4.69, 9.17) is 9.15 Å². The van der Waals surface area contributed by atoms with E-state index in [9.17, 15) is 9.59 Å². The lowest BCUT2D eigenvalue weighted by molar-refractivity contribution is 0.0714. The number of hydrogen-bond donors (Lipinski definition) is 0. The molecule has 0 saturated heterocycles. The molecule has 1 amide bonds. The van der Waals surface area contributed by atoms with Crippen LogP contribution in [0.15, 0.2) is 69.9 Å². The Labute approximate surface area is 211 Å². The molecule has 0 aliphatic carbocycles. The van der Waals surface area contributed by atoms with E-state index in [1.54, 1.807) is 4.90 Å². The summed E-state index contributed by atoms with van der Waals surface area (Å²) in [5, 5.41) is 0.532. The van der Waals surface area contributed by atoms with Crippen molar-refractivity contribution < 1.29 is 13.9 Å². The molecule has 0 radical (unpaired) electrons. The largest absolute Gasteiger partial charge is 0.494 e. The molecule has 5 rings (SSSR count). The molecule has 0 fully saturated rings. The van der Waals surface area contributed by atoms with Crippen LogP contribution >= 0.6 is 0 Å². The highest BCUT2D eigenvalue weighted by Gasteiger charge is 2.43. The number of carbonyl (C=O) groups excluding carboxylic acids is 1. The van der Waals surface area contributed by atoms with Gasteiger partial charge in [-0.15, -0.1) is 0 Å². The summed E-state index contributed by atoms with van der Waals surface area (Å²) in [6, 6.07) is 19.1. The molecular formula is C31H31NO4. The molecule has 1 unspecified atom stereocenters. The van der Waals surface area contributed by atoms with E-state index in [0.29, 0.717) is 29.7 Å². The molecular weight excluding hydrogens is 450 g/mol. The Kier molecular flexibility index (Phi) is 6.40. The first-order valence-corrected chi connectivity index (χ1v) is 12.5. The van der Waals surface area contributed by atoms with Gasteiger partial charge >= 0.3 is 0 Å². The Balaban J connectivity index is 1.67. The van der Waals surface area contributed by atoms with Crippen LogP contribution in [-0.2, 0) is 6.54 Å². The molecule has 36 heavy (non-hydrogen) atoms. The van der Waals surface area contributed by atoms with Crippen molar-refractivity contribution in [2.75, 3.05) is 6.61 Å². The number of hydrogen-bond acceptors (Lipinski definition) is 4. The quantitative estimate of drug-likeness (QED) is 0.278. The third-order valence-electron chi connectivity index (χ3n) is 6.83. The number of fused-ring (bicyclic) bond motifs is 2. The van der Waals surface area contributed by atoms with E-state index >= 15 is 0 Å². The third kappa shape index (κ3) is 4.30. The van der Waals surface area contributed by atoms with Gasteiger partial charge in [-0.2, -0.15) is 0 Å². The average Bonchev–Trinajstić information content (AvgIpc) is 3.12. The second-order valence-corrected chi connectivity index (χ2v) is 9.72. The van der Waals surface area contributed by atoms with E-state index in [2.05, 4.69) is 6.92 Å². The fourth-order valence-corrected chi connectivity index (χ4v) is 5.02. The molecule has 184 valence electrons. The van der Waals surface area contributed by atoms with Gasteiger partial charge in [-0.1, -0.05) is 61.4 Å². The zero-order chi connectivity index (χ0) is 25.4. The maximum atomic E-state index is 14.0. The van der Waals surface area contributed by atoms with Crippen molar-refractivity contribution in [3.05, 3.63) is 110 Å². The fraction of sp³-hybridized carbons (Fsp3) is 0.290. The minimum Gasteiger partial charge on any atom is -0.494 e. The van der Waals surface area contributed by atoms with Crippen molar-refractivity contribution in [3.8, 4) is 5.75 Å². The maximum Gasteiger partial charge on any atom is 0.291 e. The number of carbonyl (C=O) groups is 1.